The molecule has 76 valence electrons. The second kappa shape index (κ2) is 4.36. The Morgan fingerprint density at radius 3 is 2.86 bits per heavy atom. The van der Waals surface area contributed by atoms with Crippen molar-refractivity contribution in [2.75, 3.05) is 23.4 Å². The molecule has 1 rings (SSSR count). The summed E-state index contributed by atoms with van der Waals surface area (Å²) in [7, 11) is 0. The third-order valence-corrected chi connectivity index (χ3v) is 1.59. The molecule has 0 aliphatic rings. The van der Waals surface area contributed by atoms with Gasteiger partial charge in [0.25, 0.3) is 0 Å². The number of benzene rings is 1. The fraction of sp³-hybridized carbons (Fsp3) is 0.222. The maximum Gasteiger partial charge on any atom is 0.411 e. The normalized spacial score (nSPS) is 9.50. The van der Waals surface area contributed by atoms with E-state index in [4.69, 9.17) is 16.2 Å². The Morgan fingerprint density at radius 1 is 1.50 bits per heavy atom. The minimum atomic E-state index is -0.537. The molecule has 0 atom stereocenters. The molecule has 5 nitrogen and oxygen atoms in total. The number of hydrogen-bond acceptors (Lipinski definition) is 4. The highest BCUT2D eigenvalue weighted by Crippen LogP contribution is 2.21. The van der Waals surface area contributed by atoms with Crippen LogP contribution in [0.3, 0.4) is 0 Å². The van der Waals surface area contributed by atoms with E-state index in [-0.39, 0.29) is 0 Å². The number of ether oxygens (including phenoxy) is 1. The van der Waals surface area contributed by atoms with Crippen LogP contribution in [0.2, 0.25) is 0 Å². The lowest BCUT2D eigenvalue weighted by atomic mass is 10.2. The van der Waals surface area contributed by atoms with Gasteiger partial charge in [-0.2, -0.15) is 0 Å². The largest absolute Gasteiger partial charge is 0.450 e. The number of hydrogen-bond donors (Lipinski definition) is 3. The van der Waals surface area contributed by atoms with Crippen LogP contribution in [-0.2, 0) is 4.74 Å². The number of nitrogens with two attached hydrogens (primary N) is 2. The predicted molar refractivity (Wildman–Crippen MR) is 55.9 cm³/mol. The first-order chi connectivity index (χ1) is 6.63. The monoisotopic (exact) mass is 195 g/mol. The summed E-state index contributed by atoms with van der Waals surface area (Å²) in [5.41, 5.74) is 12.6. The van der Waals surface area contributed by atoms with Gasteiger partial charge in [0.15, 0.2) is 0 Å². The molecule has 0 aliphatic carbocycles. The third kappa shape index (κ3) is 2.55. The van der Waals surface area contributed by atoms with Gasteiger partial charge in [0, 0.05) is 5.69 Å². The van der Waals surface area contributed by atoms with Crippen LogP contribution >= 0.6 is 0 Å². The minimum Gasteiger partial charge on any atom is -0.450 e. The first-order valence-electron chi connectivity index (χ1n) is 4.22. The average Bonchev–Trinajstić information content (AvgIpc) is 2.12. The van der Waals surface area contributed by atoms with Crippen molar-refractivity contribution >= 4 is 23.2 Å². The van der Waals surface area contributed by atoms with Crippen molar-refractivity contribution in [3.63, 3.8) is 0 Å². The van der Waals surface area contributed by atoms with Crippen LogP contribution in [-0.4, -0.2) is 12.7 Å². The maximum absolute atomic E-state index is 11.0. The fourth-order valence-electron chi connectivity index (χ4n) is 0.959. The molecule has 1 aromatic rings. The topological polar surface area (TPSA) is 90.4 Å². The summed E-state index contributed by atoms with van der Waals surface area (Å²) in [6, 6.07) is 4.86. The van der Waals surface area contributed by atoms with E-state index in [9.17, 15) is 4.79 Å². The second-order valence-electron chi connectivity index (χ2n) is 2.69. The zero-order valence-electron chi connectivity index (χ0n) is 7.91. The molecule has 0 heterocycles. The fourth-order valence-corrected chi connectivity index (χ4v) is 0.959. The van der Waals surface area contributed by atoms with Crippen LogP contribution in [0.15, 0.2) is 18.2 Å². The molecule has 5 heteroatoms. The highest BCUT2D eigenvalue weighted by atomic mass is 16.5. The molecule has 0 fully saturated rings. The Bertz CT molecular complexity index is 339. The molecule has 1 amide bonds. The summed E-state index contributed by atoms with van der Waals surface area (Å²) in [5.74, 6) is 0. The van der Waals surface area contributed by atoms with Gasteiger partial charge in [-0.15, -0.1) is 0 Å². The van der Waals surface area contributed by atoms with Gasteiger partial charge >= 0.3 is 6.09 Å². The quantitative estimate of drug-likeness (QED) is 0.622. The van der Waals surface area contributed by atoms with Gasteiger partial charge in [-0.25, -0.2) is 4.79 Å². The first-order valence-corrected chi connectivity index (χ1v) is 4.22. The van der Waals surface area contributed by atoms with Crippen molar-refractivity contribution in [2.24, 2.45) is 0 Å². The second-order valence-corrected chi connectivity index (χ2v) is 2.69. The van der Waals surface area contributed by atoms with Crippen LogP contribution in [0, 0.1) is 0 Å². The smallest absolute Gasteiger partial charge is 0.411 e. The van der Waals surface area contributed by atoms with Crippen LogP contribution in [0.1, 0.15) is 6.92 Å². The van der Waals surface area contributed by atoms with Crippen molar-refractivity contribution in [1.82, 2.24) is 0 Å². The Kier molecular flexibility index (Phi) is 3.17. The van der Waals surface area contributed by atoms with Crippen molar-refractivity contribution in [1.29, 1.82) is 0 Å². The molecular weight excluding hydrogens is 182 g/mol. The van der Waals surface area contributed by atoms with Crippen LogP contribution < -0.4 is 16.8 Å². The Morgan fingerprint density at radius 2 is 2.21 bits per heavy atom. The standard InChI is InChI=1S/C9H13N3O2/c1-2-14-9(13)12-8-5-6(10)3-4-7(8)11/h3-5H,2,10-11H2,1H3,(H,12,13). The highest BCUT2D eigenvalue weighted by molar-refractivity contribution is 5.89. The summed E-state index contributed by atoms with van der Waals surface area (Å²) in [6.07, 6.45) is -0.537. The number of rotatable bonds is 2. The number of nitrogen functional groups attached to an aromatic ring is 2. The van der Waals surface area contributed by atoms with Gasteiger partial charge in [0.1, 0.15) is 0 Å². The Balaban J connectivity index is 2.75. The predicted octanol–water partition coefficient (Wildman–Crippen LogP) is 1.42. The summed E-state index contributed by atoms with van der Waals surface area (Å²) < 4.78 is 4.69. The highest BCUT2D eigenvalue weighted by Gasteiger charge is 2.04. The molecule has 1 aromatic carbocycles. The molecule has 5 N–H and O–H groups in total. The number of anilines is 3. The van der Waals surface area contributed by atoms with Gasteiger partial charge in [0.05, 0.1) is 18.0 Å². The molecule has 0 aromatic heterocycles. The molecule has 14 heavy (non-hydrogen) atoms. The van der Waals surface area contributed by atoms with Gasteiger partial charge in [-0.1, -0.05) is 0 Å². The van der Waals surface area contributed by atoms with E-state index < -0.39 is 6.09 Å². The van der Waals surface area contributed by atoms with Crippen LogP contribution in [0.4, 0.5) is 21.9 Å². The number of nitrogens with one attached hydrogen (secondary N) is 1. The molecule has 0 bridgehead atoms. The van der Waals surface area contributed by atoms with E-state index >= 15 is 0 Å². The third-order valence-electron chi connectivity index (χ3n) is 1.59. The van der Waals surface area contributed by atoms with Crippen LogP contribution in [0.25, 0.3) is 0 Å². The van der Waals surface area contributed by atoms with E-state index in [1.54, 1.807) is 25.1 Å². The summed E-state index contributed by atoms with van der Waals surface area (Å²) >= 11 is 0. The number of carbonyl (C=O) groups is 1. The molecule has 0 radical (unpaired) electrons. The van der Waals surface area contributed by atoms with Crippen molar-refractivity contribution < 1.29 is 9.53 Å². The minimum absolute atomic E-state index is 0.314. The zero-order chi connectivity index (χ0) is 10.6. The number of carbonyl (C=O) groups excluding carboxylic acids is 1. The van der Waals surface area contributed by atoms with Crippen molar-refractivity contribution in [2.45, 2.75) is 6.92 Å². The van der Waals surface area contributed by atoms with E-state index in [2.05, 4.69) is 5.32 Å². The SMILES string of the molecule is CCOC(=O)Nc1cc(N)ccc1N. The average molecular weight is 195 g/mol. The molecule has 0 spiro atoms. The number of amides is 1. The molecule has 0 saturated carbocycles. The lowest BCUT2D eigenvalue weighted by molar-refractivity contribution is 0.168. The van der Waals surface area contributed by atoms with Gasteiger partial charge in [-0.05, 0) is 25.1 Å². The van der Waals surface area contributed by atoms with E-state index in [1.807, 2.05) is 0 Å². The molecule has 0 aliphatic heterocycles. The molecule has 0 saturated heterocycles. The lowest BCUT2D eigenvalue weighted by Crippen LogP contribution is -2.14. The summed E-state index contributed by atoms with van der Waals surface area (Å²) in [4.78, 5) is 11.0. The van der Waals surface area contributed by atoms with Gasteiger partial charge in [-0.3, -0.25) is 5.32 Å². The Hall–Kier alpha value is -1.91. The van der Waals surface area contributed by atoms with E-state index in [1.165, 1.54) is 0 Å². The van der Waals surface area contributed by atoms with E-state index in [0.717, 1.165) is 0 Å². The van der Waals surface area contributed by atoms with Gasteiger partial charge < -0.3 is 16.2 Å². The molecular formula is C9H13N3O2. The molecule has 0 unspecified atom stereocenters. The maximum atomic E-state index is 11.0. The summed E-state index contributed by atoms with van der Waals surface area (Å²) in [5, 5.41) is 2.49. The van der Waals surface area contributed by atoms with Crippen molar-refractivity contribution in [3.8, 4) is 0 Å². The van der Waals surface area contributed by atoms with E-state index in [0.29, 0.717) is 23.7 Å². The summed E-state index contributed by atoms with van der Waals surface area (Å²) in [6.45, 7) is 2.04. The first kappa shape index (κ1) is 10.2. The zero-order valence-corrected chi connectivity index (χ0v) is 7.91. The Labute approximate surface area is 82.0 Å². The van der Waals surface area contributed by atoms with Crippen LogP contribution in [0.5, 0.6) is 0 Å². The van der Waals surface area contributed by atoms with Gasteiger partial charge in [0.2, 0.25) is 0 Å². The lowest BCUT2D eigenvalue weighted by Gasteiger charge is -2.08. The van der Waals surface area contributed by atoms with Crippen molar-refractivity contribution in [3.05, 3.63) is 18.2 Å².